The van der Waals surface area contributed by atoms with E-state index in [1.807, 2.05) is 0 Å². The molecule has 0 bridgehead atoms. The van der Waals surface area contributed by atoms with Crippen molar-refractivity contribution in [2.24, 2.45) is 11.8 Å². The number of carbonyl (C=O) groups excluding carboxylic acids is 1. The molecule has 0 radical (unpaired) electrons. The SMILES string of the molecule is O=C(O)CC1CCCC2CCC(=O)C=C21. The minimum absolute atomic E-state index is 0.116. The number of carboxylic acids is 1. The number of hydrogen-bond donors (Lipinski definition) is 1. The highest BCUT2D eigenvalue weighted by Gasteiger charge is 2.31. The normalized spacial score (nSPS) is 30.7. The van der Waals surface area contributed by atoms with Crippen molar-refractivity contribution >= 4 is 11.8 Å². The number of carbonyl (C=O) groups is 2. The lowest BCUT2D eigenvalue weighted by molar-refractivity contribution is -0.138. The molecule has 1 N–H and O–H groups in total. The molecule has 0 saturated heterocycles. The van der Waals surface area contributed by atoms with Crippen molar-refractivity contribution in [1.82, 2.24) is 0 Å². The highest BCUT2D eigenvalue weighted by Crippen LogP contribution is 2.40. The van der Waals surface area contributed by atoms with E-state index in [0.29, 0.717) is 12.3 Å². The zero-order valence-electron chi connectivity index (χ0n) is 8.74. The third-order valence-corrected chi connectivity index (χ3v) is 3.54. The van der Waals surface area contributed by atoms with Crippen LogP contribution in [0.4, 0.5) is 0 Å². The van der Waals surface area contributed by atoms with Gasteiger partial charge in [-0.2, -0.15) is 0 Å². The molecule has 3 heteroatoms. The van der Waals surface area contributed by atoms with Crippen molar-refractivity contribution in [3.05, 3.63) is 11.6 Å². The Bertz CT molecular complexity index is 317. The molecule has 0 aromatic rings. The van der Waals surface area contributed by atoms with E-state index in [-0.39, 0.29) is 18.1 Å². The van der Waals surface area contributed by atoms with Crippen LogP contribution in [0.15, 0.2) is 11.6 Å². The van der Waals surface area contributed by atoms with Gasteiger partial charge in [-0.05, 0) is 37.2 Å². The molecule has 15 heavy (non-hydrogen) atoms. The molecule has 2 aliphatic rings. The molecule has 0 aromatic heterocycles. The summed E-state index contributed by atoms with van der Waals surface area (Å²) < 4.78 is 0. The van der Waals surface area contributed by atoms with E-state index in [9.17, 15) is 9.59 Å². The Balaban J connectivity index is 2.16. The van der Waals surface area contributed by atoms with Crippen LogP contribution in [0, 0.1) is 11.8 Å². The molecular formula is C12H16O3. The van der Waals surface area contributed by atoms with Crippen molar-refractivity contribution < 1.29 is 14.7 Å². The summed E-state index contributed by atoms with van der Waals surface area (Å²) in [6.07, 6.45) is 6.66. The number of carboxylic acid groups (broad SMARTS) is 1. The van der Waals surface area contributed by atoms with Crippen LogP contribution in [0.25, 0.3) is 0 Å². The summed E-state index contributed by atoms with van der Waals surface area (Å²) in [5.74, 6) is 0.0319. The molecule has 0 spiro atoms. The molecule has 1 saturated carbocycles. The molecule has 1 fully saturated rings. The fourth-order valence-electron chi connectivity index (χ4n) is 2.83. The number of fused-ring (bicyclic) bond motifs is 1. The van der Waals surface area contributed by atoms with Crippen molar-refractivity contribution in [3.8, 4) is 0 Å². The van der Waals surface area contributed by atoms with Gasteiger partial charge >= 0.3 is 5.97 Å². The van der Waals surface area contributed by atoms with Gasteiger partial charge in [0.1, 0.15) is 0 Å². The second kappa shape index (κ2) is 4.17. The molecule has 2 unspecified atom stereocenters. The van der Waals surface area contributed by atoms with Gasteiger partial charge < -0.3 is 5.11 Å². The Labute approximate surface area is 89.2 Å². The summed E-state index contributed by atoms with van der Waals surface area (Å²) in [6, 6.07) is 0. The van der Waals surface area contributed by atoms with E-state index >= 15 is 0 Å². The molecule has 3 nitrogen and oxygen atoms in total. The van der Waals surface area contributed by atoms with Crippen molar-refractivity contribution in [2.45, 2.75) is 38.5 Å². The standard InChI is InChI=1S/C12H16O3/c13-10-5-4-8-2-1-3-9(6-12(14)15)11(8)7-10/h7-9H,1-6H2,(H,14,15). The van der Waals surface area contributed by atoms with E-state index in [0.717, 1.165) is 31.3 Å². The Kier molecular flexibility index (Phi) is 2.89. The van der Waals surface area contributed by atoms with E-state index in [2.05, 4.69) is 0 Å². The van der Waals surface area contributed by atoms with Crippen LogP contribution in [0.2, 0.25) is 0 Å². The van der Waals surface area contributed by atoms with Gasteiger partial charge in [0, 0.05) is 6.42 Å². The predicted molar refractivity (Wildman–Crippen MR) is 55.4 cm³/mol. The van der Waals surface area contributed by atoms with Crippen LogP contribution in [0.3, 0.4) is 0 Å². The van der Waals surface area contributed by atoms with Crippen molar-refractivity contribution in [1.29, 1.82) is 0 Å². The molecule has 0 heterocycles. The van der Waals surface area contributed by atoms with Crippen molar-refractivity contribution in [2.75, 3.05) is 0 Å². The summed E-state index contributed by atoms with van der Waals surface area (Å²) in [5, 5.41) is 8.81. The predicted octanol–water partition coefficient (Wildman–Crippen LogP) is 2.17. The zero-order valence-corrected chi connectivity index (χ0v) is 8.74. The molecule has 2 rings (SSSR count). The van der Waals surface area contributed by atoms with Gasteiger partial charge in [0.25, 0.3) is 0 Å². The Morgan fingerprint density at radius 1 is 1.40 bits per heavy atom. The first-order valence-electron chi connectivity index (χ1n) is 5.63. The summed E-state index contributed by atoms with van der Waals surface area (Å²) >= 11 is 0. The third kappa shape index (κ3) is 2.28. The fraction of sp³-hybridized carbons (Fsp3) is 0.667. The Hall–Kier alpha value is -1.12. The number of aliphatic carboxylic acids is 1. The van der Waals surface area contributed by atoms with Crippen LogP contribution in [0.5, 0.6) is 0 Å². The molecule has 0 amide bonds. The molecule has 0 aromatic carbocycles. The first-order chi connectivity index (χ1) is 7.16. The van der Waals surface area contributed by atoms with Crippen LogP contribution >= 0.6 is 0 Å². The molecular weight excluding hydrogens is 192 g/mol. The number of ketones is 1. The lowest BCUT2D eigenvalue weighted by atomic mass is 9.71. The van der Waals surface area contributed by atoms with E-state index in [1.165, 1.54) is 0 Å². The maximum Gasteiger partial charge on any atom is 0.303 e. The van der Waals surface area contributed by atoms with Gasteiger partial charge in [0.15, 0.2) is 5.78 Å². The summed E-state index contributed by atoms with van der Waals surface area (Å²) in [4.78, 5) is 22.0. The number of rotatable bonds is 2. The second-order valence-electron chi connectivity index (χ2n) is 4.57. The molecule has 0 aliphatic heterocycles. The lowest BCUT2D eigenvalue weighted by Crippen LogP contribution is -2.26. The maximum absolute atomic E-state index is 11.3. The Morgan fingerprint density at radius 3 is 2.93 bits per heavy atom. The summed E-state index contributed by atoms with van der Waals surface area (Å²) in [6.45, 7) is 0. The van der Waals surface area contributed by atoms with Crippen LogP contribution in [0.1, 0.15) is 38.5 Å². The van der Waals surface area contributed by atoms with Gasteiger partial charge in [0.2, 0.25) is 0 Å². The maximum atomic E-state index is 11.3. The van der Waals surface area contributed by atoms with Crippen LogP contribution in [-0.2, 0) is 9.59 Å². The average molecular weight is 208 g/mol. The Morgan fingerprint density at radius 2 is 2.20 bits per heavy atom. The third-order valence-electron chi connectivity index (χ3n) is 3.54. The van der Waals surface area contributed by atoms with Gasteiger partial charge in [-0.15, -0.1) is 0 Å². The summed E-state index contributed by atoms with van der Waals surface area (Å²) in [7, 11) is 0. The van der Waals surface area contributed by atoms with E-state index < -0.39 is 5.97 Å². The van der Waals surface area contributed by atoms with Crippen molar-refractivity contribution in [3.63, 3.8) is 0 Å². The van der Waals surface area contributed by atoms with Gasteiger partial charge in [-0.1, -0.05) is 12.0 Å². The highest BCUT2D eigenvalue weighted by atomic mass is 16.4. The number of allylic oxidation sites excluding steroid dienone is 2. The molecule has 82 valence electrons. The second-order valence-corrected chi connectivity index (χ2v) is 4.57. The van der Waals surface area contributed by atoms with E-state index in [4.69, 9.17) is 5.11 Å². The summed E-state index contributed by atoms with van der Waals surface area (Å²) in [5.41, 5.74) is 1.12. The quantitative estimate of drug-likeness (QED) is 0.756. The fourth-order valence-corrected chi connectivity index (χ4v) is 2.83. The van der Waals surface area contributed by atoms with E-state index in [1.54, 1.807) is 6.08 Å². The van der Waals surface area contributed by atoms with Gasteiger partial charge in [-0.25, -0.2) is 0 Å². The van der Waals surface area contributed by atoms with Gasteiger partial charge in [-0.3, -0.25) is 9.59 Å². The smallest absolute Gasteiger partial charge is 0.303 e. The first-order valence-corrected chi connectivity index (χ1v) is 5.63. The molecule has 2 atom stereocenters. The molecule has 2 aliphatic carbocycles. The lowest BCUT2D eigenvalue weighted by Gasteiger charge is -2.34. The topological polar surface area (TPSA) is 54.4 Å². The monoisotopic (exact) mass is 208 g/mol. The number of hydrogen-bond acceptors (Lipinski definition) is 2. The van der Waals surface area contributed by atoms with Crippen LogP contribution in [-0.4, -0.2) is 16.9 Å². The minimum Gasteiger partial charge on any atom is -0.481 e. The largest absolute Gasteiger partial charge is 0.481 e. The zero-order chi connectivity index (χ0) is 10.8. The minimum atomic E-state index is -0.750. The van der Waals surface area contributed by atoms with Crippen LogP contribution < -0.4 is 0 Å². The average Bonchev–Trinajstić information content (AvgIpc) is 2.18. The highest BCUT2D eigenvalue weighted by molar-refractivity contribution is 5.91. The van der Waals surface area contributed by atoms with Gasteiger partial charge in [0.05, 0.1) is 6.42 Å². The first kappa shape index (κ1) is 10.4.